The van der Waals surface area contributed by atoms with E-state index in [1.54, 1.807) is 25.1 Å². The zero-order valence-electron chi connectivity index (χ0n) is 20.5. The van der Waals surface area contributed by atoms with E-state index in [-0.39, 0.29) is 16.8 Å². The van der Waals surface area contributed by atoms with Crippen LogP contribution in [0.3, 0.4) is 0 Å². The Bertz CT molecular complexity index is 1700. The molecule has 1 aliphatic heterocycles. The molecule has 12 heteroatoms. The minimum Gasteiger partial charge on any atom is -0.374 e. The molecule has 1 N–H and O–H groups in total. The van der Waals surface area contributed by atoms with Crippen LogP contribution in [0, 0.1) is 12.7 Å². The number of oxime groups is 1. The third-order valence-electron chi connectivity index (χ3n) is 6.56. The van der Waals surface area contributed by atoms with Crippen LogP contribution in [0.2, 0.25) is 10.0 Å². The van der Waals surface area contributed by atoms with E-state index in [1.165, 1.54) is 18.2 Å². The van der Waals surface area contributed by atoms with Gasteiger partial charge in [0.15, 0.2) is 16.8 Å². The van der Waals surface area contributed by atoms with Gasteiger partial charge in [-0.3, -0.25) is 9.52 Å². The third-order valence-corrected chi connectivity index (χ3v) is 8.16. The highest BCUT2D eigenvalue weighted by molar-refractivity contribution is 7.83. The fraction of sp³-hybridized carbons (Fsp3) is 0.143. The van der Waals surface area contributed by atoms with Gasteiger partial charge in [-0.15, -0.1) is 0 Å². The summed E-state index contributed by atoms with van der Waals surface area (Å²) >= 11 is 11.5. The molecule has 2 atom stereocenters. The Morgan fingerprint density at radius 2 is 1.68 bits per heavy atom. The number of carbonyl (C=O) groups is 1. The molecule has 0 aromatic heterocycles. The van der Waals surface area contributed by atoms with Crippen molar-refractivity contribution >= 4 is 56.6 Å². The maximum Gasteiger partial charge on any atom is 0.435 e. The number of fused-ring (bicyclic) bond motifs is 1. The van der Waals surface area contributed by atoms with E-state index in [4.69, 9.17) is 28.0 Å². The Hall–Kier alpha value is -3.47. The molecule has 4 aromatic rings. The highest BCUT2D eigenvalue weighted by Gasteiger charge is 2.62. The summed E-state index contributed by atoms with van der Waals surface area (Å²) < 4.78 is 72.0. The van der Waals surface area contributed by atoms with Crippen molar-refractivity contribution in [1.29, 1.82) is 0 Å². The molecule has 2 unspecified atom stereocenters. The van der Waals surface area contributed by atoms with Crippen LogP contribution in [0.4, 0.5) is 17.6 Å². The van der Waals surface area contributed by atoms with Crippen molar-refractivity contribution < 1.29 is 31.4 Å². The van der Waals surface area contributed by atoms with Crippen LogP contribution in [-0.2, 0) is 21.4 Å². The molecule has 4 aromatic carbocycles. The summed E-state index contributed by atoms with van der Waals surface area (Å²) in [6.45, 7) is 1.59. The number of rotatable bonds is 5. The van der Waals surface area contributed by atoms with Crippen molar-refractivity contribution in [1.82, 2.24) is 4.72 Å². The Morgan fingerprint density at radius 1 is 1.00 bits per heavy atom. The van der Waals surface area contributed by atoms with E-state index in [1.807, 2.05) is 24.3 Å². The largest absolute Gasteiger partial charge is 0.435 e. The van der Waals surface area contributed by atoms with Crippen molar-refractivity contribution in [3.8, 4) is 0 Å². The summed E-state index contributed by atoms with van der Waals surface area (Å²) in [5, 5.41) is 4.33. The zero-order valence-corrected chi connectivity index (χ0v) is 22.8. The first-order valence-electron chi connectivity index (χ1n) is 11.7. The number of halogens is 6. The van der Waals surface area contributed by atoms with E-state index in [0.717, 1.165) is 22.9 Å². The van der Waals surface area contributed by atoms with Crippen molar-refractivity contribution in [2.45, 2.75) is 30.0 Å². The van der Waals surface area contributed by atoms with E-state index in [2.05, 4.69) is 9.88 Å². The lowest BCUT2D eigenvalue weighted by atomic mass is 9.86. The lowest BCUT2D eigenvalue weighted by Crippen LogP contribution is -2.42. The molecule has 1 aliphatic rings. The second kappa shape index (κ2) is 10.5. The molecule has 0 fully saturated rings. The minimum absolute atomic E-state index is 0.0521. The maximum absolute atomic E-state index is 14.3. The zero-order chi connectivity index (χ0) is 28.8. The van der Waals surface area contributed by atoms with Gasteiger partial charge in [0.1, 0.15) is 0 Å². The summed E-state index contributed by atoms with van der Waals surface area (Å²) in [7, 11) is -1.85. The van der Waals surface area contributed by atoms with Crippen molar-refractivity contribution in [3.05, 3.63) is 111 Å². The van der Waals surface area contributed by atoms with Crippen LogP contribution in [0.1, 0.15) is 33.5 Å². The van der Waals surface area contributed by atoms with Crippen LogP contribution < -0.4 is 4.72 Å². The molecule has 5 nitrogen and oxygen atoms in total. The number of alkyl halides is 3. The van der Waals surface area contributed by atoms with Crippen LogP contribution in [0.15, 0.2) is 82.8 Å². The van der Waals surface area contributed by atoms with Crippen molar-refractivity contribution in [2.24, 2.45) is 5.16 Å². The monoisotopic (exact) mass is 608 g/mol. The van der Waals surface area contributed by atoms with Crippen LogP contribution in [0.25, 0.3) is 10.8 Å². The number of hydrogen-bond acceptors (Lipinski definition) is 4. The standard InChI is InChI=1S/C28H18Cl2F4N2O3S/c1-15-10-18(24-14-27(39-35-24,28(32,33)34)19-12-22(29)25(31)23(30)13-19)7-9-21(15)26(37)36-40(38)20-8-6-16-4-2-3-5-17(16)11-20/h2-13H,14H2,1H3,(H,36,37). The first kappa shape index (κ1) is 28.1. The van der Waals surface area contributed by atoms with Crippen LogP contribution >= 0.6 is 23.2 Å². The van der Waals surface area contributed by atoms with Gasteiger partial charge in [-0.05, 0) is 65.2 Å². The normalized spacial score (nSPS) is 17.8. The smallest absolute Gasteiger partial charge is 0.374 e. The van der Waals surface area contributed by atoms with Crippen LogP contribution in [0.5, 0.6) is 0 Å². The van der Waals surface area contributed by atoms with Crippen molar-refractivity contribution in [3.63, 3.8) is 0 Å². The first-order chi connectivity index (χ1) is 18.9. The molecule has 0 saturated heterocycles. The second-order valence-corrected chi connectivity index (χ2v) is 11.2. The van der Waals surface area contributed by atoms with Gasteiger partial charge in [0.25, 0.3) is 11.5 Å². The van der Waals surface area contributed by atoms with Gasteiger partial charge < -0.3 is 4.84 Å². The van der Waals surface area contributed by atoms with Gasteiger partial charge in [0, 0.05) is 17.5 Å². The molecule has 206 valence electrons. The molecule has 1 heterocycles. The predicted octanol–water partition coefficient (Wildman–Crippen LogP) is 7.63. The summed E-state index contributed by atoms with van der Waals surface area (Å²) in [5.74, 6) is -1.67. The summed E-state index contributed by atoms with van der Waals surface area (Å²) in [5.41, 5.74) is -2.63. The van der Waals surface area contributed by atoms with Gasteiger partial charge in [0.2, 0.25) is 0 Å². The molecular weight excluding hydrogens is 591 g/mol. The summed E-state index contributed by atoms with van der Waals surface area (Å²) in [4.78, 5) is 18.3. The molecule has 5 rings (SSSR count). The molecule has 0 radical (unpaired) electrons. The first-order valence-corrected chi connectivity index (χ1v) is 13.6. The third kappa shape index (κ3) is 5.07. The van der Waals surface area contributed by atoms with E-state index in [9.17, 15) is 26.6 Å². The molecule has 0 saturated carbocycles. The summed E-state index contributed by atoms with van der Waals surface area (Å²) in [6, 6.07) is 18.6. The van der Waals surface area contributed by atoms with Crippen molar-refractivity contribution in [2.75, 3.05) is 0 Å². The number of benzene rings is 4. The average molecular weight is 609 g/mol. The number of nitrogens with zero attached hydrogens (tertiary/aromatic N) is 1. The quantitative estimate of drug-likeness (QED) is 0.187. The lowest BCUT2D eigenvalue weighted by Gasteiger charge is -2.29. The number of amides is 1. The Labute approximate surface area is 238 Å². The maximum atomic E-state index is 14.3. The molecule has 40 heavy (non-hydrogen) atoms. The predicted molar refractivity (Wildman–Crippen MR) is 145 cm³/mol. The number of carbonyl (C=O) groups excluding carboxylic acids is 1. The van der Waals surface area contributed by atoms with E-state index in [0.29, 0.717) is 10.5 Å². The lowest BCUT2D eigenvalue weighted by molar-refractivity contribution is -0.275. The Balaban J connectivity index is 1.37. The van der Waals surface area contributed by atoms with Crippen LogP contribution in [-0.4, -0.2) is 22.0 Å². The van der Waals surface area contributed by atoms with Gasteiger partial charge in [-0.25, -0.2) is 8.60 Å². The second-order valence-electron chi connectivity index (χ2n) is 9.12. The van der Waals surface area contributed by atoms with Gasteiger partial charge in [0.05, 0.1) is 20.7 Å². The number of nitrogens with one attached hydrogen (secondary N) is 1. The van der Waals surface area contributed by atoms with Gasteiger partial charge >= 0.3 is 6.18 Å². The topological polar surface area (TPSA) is 67.8 Å². The molecular formula is C28H18Cl2F4N2O3S. The van der Waals surface area contributed by atoms with Gasteiger partial charge in [-0.2, -0.15) is 13.2 Å². The van der Waals surface area contributed by atoms with E-state index >= 15 is 0 Å². The molecule has 0 spiro atoms. The SMILES string of the molecule is Cc1cc(C2=NOC(c3cc(Cl)c(F)c(Cl)c3)(C(F)(F)F)C2)ccc1C(=O)NS(=O)c1ccc2ccccc2c1. The minimum atomic E-state index is -4.95. The molecule has 0 bridgehead atoms. The highest BCUT2D eigenvalue weighted by Crippen LogP contribution is 2.50. The number of hydrogen-bond donors (Lipinski definition) is 1. The highest BCUT2D eigenvalue weighted by atomic mass is 35.5. The molecule has 1 amide bonds. The fourth-order valence-electron chi connectivity index (χ4n) is 4.43. The Kier molecular flexibility index (Phi) is 7.37. The number of aryl methyl sites for hydroxylation is 1. The molecule has 0 aliphatic carbocycles. The summed E-state index contributed by atoms with van der Waals surface area (Å²) in [6.07, 6.45) is -5.70. The van der Waals surface area contributed by atoms with Gasteiger partial charge in [-0.1, -0.05) is 64.8 Å². The fourth-order valence-corrected chi connectivity index (χ4v) is 5.73. The Morgan fingerprint density at radius 3 is 2.33 bits per heavy atom. The average Bonchev–Trinajstić information content (AvgIpc) is 3.38. The van der Waals surface area contributed by atoms with E-state index < -0.39 is 56.5 Å².